The van der Waals surface area contributed by atoms with E-state index in [2.05, 4.69) is 20.6 Å². The van der Waals surface area contributed by atoms with E-state index in [9.17, 15) is 30.7 Å². The van der Waals surface area contributed by atoms with Crippen LogP contribution in [-0.4, -0.2) is 29.1 Å². The number of aromatic nitrogens is 2. The monoisotopic (exact) mass is 602 g/mol. The molecule has 0 aliphatic rings. The molecule has 4 aromatic rings. The van der Waals surface area contributed by atoms with E-state index in [4.69, 9.17) is 0 Å². The van der Waals surface area contributed by atoms with Gasteiger partial charge in [0.15, 0.2) is 5.82 Å². The van der Waals surface area contributed by atoms with Crippen molar-refractivity contribution in [2.45, 2.75) is 45.1 Å². The molecule has 0 aliphatic carbocycles. The van der Waals surface area contributed by atoms with Crippen molar-refractivity contribution in [2.75, 3.05) is 18.4 Å². The maximum atomic E-state index is 14.6. The molecule has 0 spiro atoms. The molecule has 0 aliphatic heterocycles. The van der Waals surface area contributed by atoms with Crippen molar-refractivity contribution >= 4 is 16.7 Å². The van der Waals surface area contributed by atoms with Crippen LogP contribution in [0.1, 0.15) is 37.8 Å². The second kappa shape index (κ2) is 13.9. The Morgan fingerprint density at radius 2 is 1.51 bits per heavy atom. The number of benzene rings is 3. The zero-order valence-corrected chi connectivity index (χ0v) is 25.8. The van der Waals surface area contributed by atoms with Crippen LogP contribution in [0.5, 0.6) is 0 Å². The van der Waals surface area contributed by atoms with Crippen molar-refractivity contribution < 1.29 is 82.1 Å². The third kappa shape index (κ3) is 8.48. The average Bonchev–Trinajstić information content (AvgIpc) is 2.90. The first kappa shape index (κ1) is 33.4. The molecule has 1 atom stereocenters. The van der Waals surface area contributed by atoms with Gasteiger partial charge in [0.25, 0.3) is 0 Å². The minimum absolute atomic E-state index is 0. The smallest absolute Gasteiger partial charge is 0.662 e. The van der Waals surface area contributed by atoms with Gasteiger partial charge in [-0.3, -0.25) is 0 Å². The van der Waals surface area contributed by atoms with Gasteiger partial charge >= 0.3 is 63.7 Å². The third-order valence-corrected chi connectivity index (χ3v) is 6.31. The summed E-state index contributed by atoms with van der Waals surface area (Å²) in [6.07, 6.45) is -7.72. The Hall–Kier alpha value is -2.09. The number of halogens is 7. The average molecular weight is 603 g/mol. The molecule has 1 aromatic heterocycles. The van der Waals surface area contributed by atoms with Gasteiger partial charge in [0.2, 0.25) is 0 Å². The van der Waals surface area contributed by atoms with E-state index < -0.39 is 29.3 Å². The van der Waals surface area contributed by atoms with Gasteiger partial charge in [-0.05, 0) is 61.4 Å². The Morgan fingerprint density at radius 1 is 0.854 bits per heavy atom. The van der Waals surface area contributed by atoms with Crippen LogP contribution in [0.25, 0.3) is 38.7 Å². The summed E-state index contributed by atoms with van der Waals surface area (Å²) in [7, 11) is 0. The van der Waals surface area contributed by atoms with Crippen LogP contribution in [0.2, 0.25) is 0 Å². The van der Waals surface area contributed by atoms with E-state index >= 15 is 0 Å². The topological polar surface area (TPSA) is 51.9 Å². The molecule has 1 N–H and O–H groups in total. The van der Waals surface area contributed by atoms with Gasteiger partial charge in [0, 0.05) is 22.6 Å². The van der Waals surface area contributed by atoms with E-state index in [1.54, 1.807) is 6.07 Å². The SMILES string of the molecule is CC[N-]CCCC(C)Nc1nc(-c2cccc(-c3cc(C(F)(F)F)ccc3F)c2)nc2cc(C(F)(F)F)ccc12.[K+]. The number of hydrogen-bond acceptors (Lipinski definition) is 3. The number of rotatable bonds is 9. The number of nitrogens with one attached hydrogen (secondary N) is 1. The Balaban J connectivity index is 0.00000462. The molecule has 0 saturated heterocycles. The predicted molar refractivity (Wildman–Crippen MR) is 141 cm³/mol. The second-order valence-corrected chi connectivity index (χ2v) is 9.35. The van der Waals surface area contributed by atoms with Gasteiger partial charge in [0.05, 0.1) is 16.6 Å². The normalized spacial score (nSPS) is 12.7. The molecule has 12 heteroatoms. The molecule has 3 aromatic carbocycles. The van der Waals surface area contributed by atoms with Crippen molar-refractivity contribution in [3.8, 4) is 22.5 Å². The van der Waals surface area contributed by atoms with E-state index in [1.807, 2.05) is 13.8 Å². The molecule has 1 heterocycles. The molecular formula is C29H26F7KN4. The van der Waals surface area contributed by atoms with Crippen LogP contribution in [0.3, 0.4) is 0 Å². The first-order valence-corrected chi connectivity index (χ1v) is 12.6. The van der Waals surface area contributed by atoms with Crippen molar-refractivity contribution in [2.24, 2.45) is 0 Å². The summed E-state index contributed by atoms with van der Waals surface area (Å²) in [6.45, 7) is 5.27. The summed E-state index contributed by atoms with van der Waals surface area (Å²) < 4.78 is 94.7. The molecule has 1 unspecified atom stereocenters. The van der Waals surface area contributed by atoms with E-state index in [1.165, 1.54) is 24.3 Å². The molecule has 0 amide bonds. The largest absolute Gasteiger partial charge is 1.00 e. The van der Waals surface area contributed by atoms with Crippen LogP contribution >= 0.6 is 0 Å². The fourth-order valence-electron chi connectivity index (χ4n) is 4.27. The van der Waals surface area contributed by atoms with Gasteiger partial charge in [-0.15, -0.1) is 6.54 Å². The van der Waals surface area contributed by atoms with Crippen LogP contribution in [0, 0.1) is 5.82 Å². The standard InChI is InChI=1S/C29H26F7N4.K/c1-3-37-13-5-6-17(2)38-27-22-11-9-21(29(34,35)36)16-25(22)39-26(40-27)19-8-4-7-18(14-19)23-15-20(28(31,32)33)10-12-24(23)30;/h4,7-12,14-17H,3,5-6,13H2,1-2H3,(H,38,39,40);/q-1;+1. The zero-order valence-electron chi connectivity index (χ0n) is 22.7. The van der Waals surface area contributed by atoms with Crippen molar-refractivity contribution in [3.63, 3.8) is 0 Å². The van der Waals surface area contributed by atoms with Gasteiger partial charge in [-0.1, -0.05) is 31.5 Å². The first-order chi connectivity index (χ1) is 18.9. The van der Waals surface area contributed by atoms with Crippen LogP contribution in [-0.2, 0) is 12.4 Å². The molecule has 0 fully saturated rings. The van der Waals surface area contributed by atoms with Crippen LogP contribution < -0.4 is 56.7 Å². The summed E-state index contributed by atoms with van der Waals surface area (Å²) >= 11 is 0. The maximum absolute atomic E-state index is 14.6. The number of anilines is 1. The molecule has 4 nitrogen and oxygen atoms in total. The minimum Gasteiger partial charge on any atom is -0.662 e. The van der Waals surface area contributed by atoms with Crippen molar-refractivity contribution in [3.05, 3.63) is 82.9 Å². The maximum Gasteiger partial charge on any atom is 1.00 e. The zero-order chi connectivity index (χ0) is 29.1. The summed E-state index contributed by atoms with van der Waals surface area (Å²) in [5.41, 5.74) is -1.71. The number of nitrogens with zero attached hydrogens (tertiary/aromatic N) is 3. The summed E-state index contributed by atoms with van der Waals surface area (Å²) in [4.78, 5) is 8.91. The Kier molecular flexibility index (Phi) is 11.3. The van der Waals surface area contributed by atoms with Crippen LogP contribution in [0.4, 0.5) is 36.6 Å². The Morgan fingerprint density at radius 3 is 2.20 bits per heavy atom. The molecule has 0 radical (unpaired) electrons. The van der Waals surface area contributed by atoms with Gasteiger partial charge in [-0.25, -0.2) is 14.4 Å². The number of hydrogen-bond donors (Lipinski definition) is 1. The molecule has 41 heavy (non-hydrogen) atoms. The van der Waals surface area contributed by atoms with Crippen LogP contribution in [0.15, 0.2) is 60.7 Å². The molecule has 212 valence electrons. The summed E-state index contributed by atoms with van der Waals surface area (Å²) in [5.74, 6) is -0.508. The minimum atomic E-state index is -4.67. The summed E-state index contributed by atoms with van der Waals surface area (Å²) in [5, 5.41) is 7.92. The molecule has 0 bridgehead atoms. The van der Waals surface area contributed by atoms with Crippen molar-refractivity contribution in [1.82, 2.24) is 9.97 Å². The molecule has 4 rings (SSSR count). The van der Waals surface area contributed by atoms with E-state index in [0.29, 0.717) is 42.0 Å². The predicted octanol–water partition coefficient (Wildman–Crippen LogP) is 6.12. The number of fused-ring (bicyclic) bond motifs is 1. The second-order valence-electron chi connectivity index (χ2n) is 9.35. The fourth-order valence-corrected chi connectivity index (χ4v) is 4.27. The first-order valence-electron chi connectivity index (χ1n) is 12.6. The van der Waals surface area contributed by atoms with Gasteiger partial charge < -0.3 is 10.6 Å². The van der Waals surface area contributed by atoms with Gasteiger partial charge in [-0.2, -0.15) is 32.9 Å². The third-order valence-electron chi connectivity index (χ3n) is 6.31. The van der Waals surface area contributed by atoms with Crippen molar-refractivity contribution in [1.29, 1.82) is 0 Å². The quantitative estimate of drug-likeness (QED) is 0.143. The number of alkyl halides is 6. The van der Waals surface area contributed by atoms with Gasteiger partial charge in [0.1, 0.15) is 11.6 Å². The fraction of sp³-hybridized carbons (Fsp3) is 0.310. The Bertz CT molecular complexity index is 1490. The molecular weight excluding hydrogens is 576 g/mol. The Labute approximate surface area is 275 Å². The van der Waals surface area contributed by atoms with E-state index in [-0.39, 0.29) is 79.9 Å². The summed E-state index contributed by atoms with van der Waals surface area (Å²) in [6, 6.07) is 11.1. The molecule has 0 saturated carbocycles. The van der Waals surface area contributed by atoms with E-state index in [0.717, 1.165) is 31.0 Å².